The number of aromatic nitrogens is 1. The van der Waals surface area contributed by atoms with Crippen LogP contribution in [-0.2, 0) is 7.05 Å². The molecule has 0 aromatic carbocycles. The number of nitrogens with zero attached hydrogens (tertiary/aromatic N) is 1. The summed E-state index contributed by atoms with van der Waals surface area (Å²) in [6.07, 6.45) is 3.66. The van der Waals surface area contributed by atoms with E-state index in [0.717, 1.165) is 12.8 Å². The van der Waals surface area contributed by atoms with Crippen molar-refractivity contribution >= 4 is 17.5 Å². The molecule has 88 valence electrons. The number of carbonyl (C=O) groups is 1. The molecule has 1 aromatic heterocycles. The number of rotatable bonds is 4. The molecule has 4 nitrogen and oxygen atoms in total. The first kappa shape index (κ1) is 11.5. The molecule has 1 saturated carbocycles. The second kappa shape index (κ2) is 4.11. The largest absolute Gasteiger partial charge is 0.396 e. The number of halogens is 1. The van der Waals surface area contributed by atoms with Crippen molar-refractivity contribution < 1.29 is 9.90 Å². The van der Waals surface area contributed by atoms with E-state index < -0.39 is 0 Å². The molecule has 0 unspecified atom stereocenters. The zero-order chi connectivity index (χ0) is 11.8. The molecule has 0 bridgehead atoms. The standard InChI is InChI=1S/C11H15ClN2O2/c1-14-5-8(12)4-9(14)10(16)13-6-11(7-15)2-3-11/h4-5,15H,2-3,6-7H2,1H3,(H,13,16). The van der Waals surface area contributed by atoms with Crippen molar-refractivity contribution in [1.82, 2.24) is 9.88 Å². The summed E-state index contributed by atoms with van der Waals surface area (Å²) in [7, 11) is 1.78. The predicted octanol–water partition coefficient (Wildman–Crippen LogP) is 1.18. The molecule has 0 saturated heterocycles. The third kappa shape index (κ3) is 2.23. The van der Waals surface area contributed by atoms with Crippen molar-refractivity contribution in [3.8, 4) is 0 Å². The molecule has 1 fully saturated rings. The van der Waals surface area contributed by atoms with Crippen LogP contribution in [0.1, 0.15) is 23.3 Å². The lowest BCUT2D eigenvalue weighted by molar-refractivity contribution is 0.0927. The minimum atomic E-state index is -0.144. The van der Waals surface area contributed by atoms with Gasteiger partial charge in [-0.15, -0.1) is 0 Å². The summed E-state index contributed by atoms with van der Waals surface area (Å²) >= 11 is 5.80. The fourth-order valence-electron chi connectivity index (χ4n) is 1.68. The molecule has 1 aromatic rings. The van der Waals surface area contributed by atoms with Crippen LogP contribution >= 0.6 is 11.6 Å². The normalized spacial score (nSPS) is 17.2. The lowest BCUT2D eigenvalue weighted by Gasteiger charge is -2.12. The van der Waals surface area contributed by atoms with Crippen LogP contribution in [0.25, 0.3) is 0 Å². The van der Waals surface area contributed by atoms with Crippen LogP contribution in [0, 0.1) is 5.41 Å². The number of nitrogens with one attached hydrogen (secondary N) is 1. The zero-order valence-corrected chi connectivity index (χ0v) is 9.92. The van der Waals surface area contributed by atoms with Crippen LogP contribution in [0.4, 0.5) is 0 Å². The Balaban J connectivity index is 1.96. The van der Waals surface area contributed by atoms with Gasteiger partial charge in [0.1, 0.15) is 5.69 Å². The fourth-order valence-corrected chi connectivity index (χ4v) is 1.93. The summed E-state index contributed by atoms with van der Waals surface area (Å²) < 4.78 is 1.69. The Morgan fingerprint density at radius 2 is 2.38 bits per heavy atom. The van der Waals surface area contributed by atoms with Crippen LogP contribution in [0.5, 0.6) is 0 Å². The third-order valence-corrected chi connectivity index (χ3v) is 3.33. The lowest BCUT2D eigenvalue weighted by atomic mass is 10.1. The summed E-state index contributed by atoms with van der Waals surface area (Å²) in [5.74, 6) is -0.144. The minimum Gasteiger partial charge on any atom is -0.396 e. The molecule has 5 heteroatoms. The molecule has 1 amide bonds. The summed E-state index contributed by atoms with van der Waals surface area (Å²) in [4.78, 5) is 11.8. The summed E-state index contributed by atoms with van der Waals surface area (Å²) in [6.45, 7) is 0.673. The molecule has 0 aliphatic heterocycles. The molecule has 1 aliphatic carbocycles. The van der Waals surface area contributed by atoms with Gasteiger partial charge in [-0.25, -0.2) is 0 Å². The first-order valence-electron chi connectivity index (χ1n) is 5.27. The van der Waals surface area contributed by atoms with E-state index in [9.17, 15) is 4.79 Å². The number of hydrogen-bond acceptors (Lipinski definition) is 2. The van der Waals surface area contributed by atoms with Gasteiger partial charge >= 0.3 is 0 Å². The molecule has 1 heterocycles. The quantitative estimate of drug-likeness (QED) is 0.833. The van der Waals surface area contributed by atoms with Gasteiger partial charge in [0.25, 0.3) is 5.91 Å². The minimum absolute atomic E-state index is 0.0649. The molecule has 0 radical (unpaired) electrons. The van der Waals surface area contributed by atoms with Gasteiger partial charge < -0.3 is 15.0 Å². The van der Waals surface area contributed by atoms with Crippen molar-refractivity contribution in [2.24, 2.45) is 12.5 Å². The van der Waals surface area contributed by atoms with Crippen LogP contribution < -0.4 is 5.32 Å². The van der Waals surface area contributed by atoms with Crippen LogP contribution in [0.3, 0.4) is 0 Å². The smallest absolute Gasteiger partial charge is 0.267 e. The third-order valence-electron chi connectivity index (χ3n) is 3.12. The highest BCUT2D eigenvalue weighted by atomic mass is 35.5. The van der Waals surface area contributed by atoms with Gasteiger partial charge in [-0.3, -0.25) is 4.79 Å². The predicted molar refractivity (Wildman–Crippen MR) is 61.5 cm³/mol. The maximum absolute atomic E-state index is 11.8. The molecule has 16 heavy (non-hydrogen) atoms. The summed E-state index contributed by atoms with van der Waals surface area (Å²) in [6, 6.07) is 1.63. The molecule has 0 atom stereocenters. The van der Waals surface area contributed by atoms with E-state index >= 15 is 0 Å². The molecule has 1 aliphatic rings. The van der Waals surface area contributed by atoms with E-state index in [2.05, 4.69) is 5.32 Å². The number of hydrogen-bond donors (Lipinski definition) is 2. The average Bonchev–Trinajstić information content (AvgIpc) is 2.96. The van der Waals surface area contributed by atoms with Crippen molar-refractivity contribution in [2.75, 3.05) is 13.2 Å². The lowest BCUT2D eigenvalue weighted by Crippen LogP contribution is -2.32. The van der Waals surface area contributed by atoms with Gasteiger partial charge in [-0.05, 0) is 18.9 Å². The van der Waals surface area contributed by atoms with Crippen molar-refractivity contribution in [1.29, 1.82) is 0 Å². The Kier molecular flexibility index (Phi) is 2.95. The van der Waals surface area contributed by atoms with Gasteiger partial charge in [0.15, 0.2) is 0 Å². The van der Waals surface area contributed by atoms with Crippen molar-refractivity contribution in [3.05, 3.63) is 23.0 Å². The molecular weight excluding hydrogens is 228 g/mol. The highest BCUT2D eigenvalue weighted by Crippen LogP contribution is 2.44. The number of aliphatic hydroxyl groups is 1. The van der Waals surface area contributed by atoms with E-state index in [-0.39, 0.29) is 17.9 Å². The SMILES string of the molecule is Cn1cc(Cl)cc1C(=O)NCC1(CO)CC1. The zero-order valence-electron chi connectivity index (χ0n) is 9.16. The number of carbonyl (C=O) groups excluding carboxylic acids is 1. The van der Waals surface area contributed by atoms with E-state index in [1.807, 2.05) is 0 Å². The maximum atomic E-state index is 11.8. The monoisotopic (exact) mass is 242 g/mol. The Morgan fingerprint density at radius 1 is 1.69 bits per heavy atom. The number of aliphatic hydroxyl groups excluding tert-OH is 1. The summed E-state index contributed by atoms with van der Waals surface area (Å²) in [5.41, 5.74) is 0.476. The molecule has 0 spiro atoms. The van der Waals surface area contributed by atoms with Crippen LogP contribution in [0.2, 0.25) is 5.02 Å². The van der Waals surface area contributed by atoms with Crippen molar-refractivity contribution in [2.45, 2.75) is 12.8 Å². The molecular formula is C11H15ClN2O2. The first-order valence-corrected chi connectivity index (χ1v) is 5.65. The van der Waals surface area contributed by atoms with Crippen molar-refractivity contribution in [3.63, 3.8) is 0 Å². The topological polar surface area (TPSA) is 54.3 Å². The molecule has 2 rings (SSSR count). The van der Waals surface area contributed by atoms with E-state index in [4.69, 9.17) is 16.7 Å². The highest BCUT2D eigenvalue weighted by molar-refractivity contribution is 6.31. The average molecular weight is 243 g/mol. The Labute approximate surface area is 99.2 Å². The van der Waals surface area contributed by atoms with Crippen LogP contribution in [-0.4, -0.2) is 28.7 Å². The number of amides is 1. The Bertz CT molecular complexity index is 410. The van der Waals surface area contributed by atoms with E-state index in [1.165, 1.54) is 0 Å². The van der Waals surface area contributed by atoms with Crippen LogP contribution in [0.15, 0.2) is 12.3 Å². The highest BCUT2D eigenvalue weighted by Gasteiger charge is 2.42. The van der Waals surface area contributed by atoms with E-state index in [1.54, 1.807) is 23.9 Å². The summed E-state index contributed by atoms with van der Waals surface area (Å²) in [5, 5.41) is 12.5. The Hall–Kier alpha value is -1.00. The number of aryl methyl sites for hydroxylation is 1. The van der Waals surface area contributed by atoms with Gasteiger partial charge in [0.05, 0.1) is 11.6 Å². The maximum Gasteiger partial charge on any atom is 0.267 e. The second-order valence-corrected chi connectivity index (χ2v) is 4.93. The second-order valence-electron chi connectivity index (χ2n) is 4.50. The first-order chi connectivity index (χ1) is 7.56. The van der Waals surface area contributed by atoms with Gasteiger partial charge in [0.2, 0.25) is 0 Å². The van der Waals surface area contributed by atoms with Gasteiger partial charge in [-0.1, -0.05) is 11.6 Å². The molecule has 2 N–H and O–H groups in total. The fraction of sp³-hybridized carbons (Fsp3) is 0.545. The van der Waals surface area contributed by atoms with Gasteiger partial charge in [0, 0.05) is 25.2 Å². The van der Waals surface area contributed by atoms with Gasteiger partial charge in [-0.2, -0.15) is 0 Å². The Morgan fingerprint density at radius 3 is 2.81 bits per heavy atom. The van der Waals surface area contributed by atoms with E-state index in [0.29, 0.717) is 17.3 Å².